The third-order valence-electron chi connectivity index (χ3n) is 3.06. The summed E-state index contributed by atoms with van der Waals surface area (Å²) in [6.07, 6.45) is -2.87. The number of hydrogen-bond donors (Lipinski definition) is 2. The van der Waals surface area contributed by atoms with Crippen molar-refractivity contribution in [3.05, 3.63) is 0 Å². The van der Waals surface area contributed by atoms with Crippen LogP contribution in [0, 0.1) is 5.92 Å². The number of carbonyl (C=O) groups excluding carboxylic acids is 1. The van der Waals surface area contributed by atoms with Crippen LogP contribution in [-0.4, -0.2) is 24.2 Å². The molecule has 100 valence electrons. The Morgan fingerprint density at radius 1 is 1.35 bits per heavy atom. The molecule has 1 unspecified atom stereocenters. The Morgan fingerprint density at radius 2 is 1.88 bits per heavy atom. The maximum absolute atomic E-state index is 12.4. The molecule has 0 bridgehead atoms. The lowest BCUT2D eigenvalue weighted by molar-refractivity contribution is -0.182. The summed E-state index contributed by atoms with van der Waals surface area (Å²) in [7, 11) is 0. The van der Waals surface area contributed by atoms with Crippen molar-refractivity contribution in [3.8, 4) is 0 Å². The van der Waals surface area contributed by atoms with E-state index in [4.69, 9.17) is 5.73 Å². The van der Waals surface area contributed by atoms with Crippen molar-refractivity contribution >= 4 is 5.91 Å². The van der Waals surface area contributed by atoms with Crippen LogP contribution in [0.3, 0.4) is 0 Å². The molecule has 0 aliphatic heterocycles. The normalized spacial score (nSPS) is 27.6. The van der Waals surface area contributed by atoms with E-state index in [1.165, 1.54) is 0 Å². The maximum atomic E-state index is 12.4. The van der Waals surface area contributed by atoms with Gasteiger partial charge in [-0.05, 0) is 32.6 Å². The Kier molecular flexibility index (Phi) is 4.80. The van der Waals surface area contributed by atoms with Gasteiger partial charge in [0.05, 0.1) is 5.92 Å². The van der Waals surface area contributed by atoms with Crippen molar-refractivity contribution in [2.75, 3.05) is 0 Å². The van der Waals surface area contributed by atoms with Gasteiger partial charge in [0, 0.05) is 18.5 Å². The SMILES string of the molecule is CC(N)CC(=O)NC1CCC(C(F)(F)F)CC1. The average molecular weight is 252 g/mol. The van der Waals surface area contributed by atoms with E-state index in [0.717, 1.165) is 0 Å². The van der Waals surface area contributed by atoms with Crippen LogP contribution < -0.4 is 11.1 Å². The number of nitrogens with two attached hydrogens (primary N) is 1. The standard InChI is InChI=1S/C11H19F3N2O/c1-7(15)6-10(17)16-9-4-2-8(3-5-9)11(12,13)14/h7-9H,2-6,15H2,1H3,(H,16,17). The predicted molar refractivity (Wildman–Crippen MR) is 58.2 cm³/mol. The minimum atomic E-state index is -4.10. The fourth-order valence-electron chi connectivity index (χ4n) is 2.14. The van der Waals surface area contributed by atoms with E-state index in [1.807, 2.05) is 0 Å². The second-order valence-corrected chi connectivity index (χ2v) is 4.84. The molecule has 1 atom stereocenters. The number of carbonyl (C=O) groups is 1. The van der Waals surface area contributed by atoms with Gasteiger partial charge < -0.3 is 11.1 Å². The van der Waals surface area contributed by atoms with Crippen LogP contribution in [0.4, 0.5) is 13.2 Å². The van der Waals surface area contributed by atoms with Gasteiger partial charge in [-0.1, -0.05) is 0 Å². The summed E-state index contributed by atoms with van der Waals surface area (Å²) in [5.74, 6) is -1.38. The van der Waals surface area contributed by atoms with Crippen LogP contribution >= 0.6 is 0 Å². The van der Waals surface area contributed by atoms with E-state index in [1.54, 1.807) is 6.92 Å². The van der Waals surface area contributed by atoms with Crippen LogP contribution in [-0.2, 0) is 4.79 Å². The first kappa shape index (κ1) is 14.3. The van der Waals surface area contributed by atoms with Crippen LogP contribution in [0.1, 0.15) is 39.0 Å². The molecular weight excluding hydrogens is 233 g/mol. The largest absolute Gasteiger partial charge is 0.391 e. The summed E-state index contributed by atoms with van der Waals surface area (Å²) in [5.41, 5.74) is 5.47. The van der Waals surface area contributed by atoms with Gasteiger partial charge in [0.25, 0.3) is 0 Å². The first-order valence-electron chi connectivity index (χ1n) is 5.90. The van der Waals surface area contributed by atoms with Gasteiger partial charge in [-0.15, -0.1) is 0 Å². The Balaban J connectivity index is 2.30. The smallest absolute Gasteiger partial charge is 0.353 e. The maximum Gasteiger partial charge on any atom is 0.391 e. The Morgan fingerprint density at radius 3 is 2.29 bits per heavy atom. The van der Waals surface area contributed by atoms with Gasteiger partial charge in [0.15, 0.2) is 0 Å². The zero-order chi connectivity index (χ0) is 13.1. The van der Waals surface area contributed by atoms with Crippen molar-refractivity contribution in [2.24, 2.45) is 11.7 Å². The van der Waals surface area contributed by atoms with Crippen molar-refractivity contribution in [2.45, 2.75) is 57.3 Å². The summed E-state index contributed by atoms with van der Waals surface area (Å²) < 4.78 is 37.2. The average Bonchev–Trinajstić information content (AvgIpc) is 2.15. The Bertz CT molecular complexity index is 258. The quantitative estimate of drug-likeness (QED) is 0.806. The summed E-state index contributed by atoms with van der Waals surface area (Å²) in [6, 6.07) is -0.346. The van der Waals surface area contributed by atoms with E-state index in [0.29, 0.717) is 12.8 Å². The molecule has 1 rings (SSSR count). The molecule has 1 fully saturated rings. The van der Waals surface area contributed by atoms with Gasteiger partial charge in [-0.25, -0.2) is 0 Å². The minimum absolute atomic E-state index is 0.104. The lowest BCUT2D eigenvalue weighted by Gasteiger charge is -2.30. The molecule has 1 aliphatic carbocycles. The van der Waals surface area contributed by atoms with Gasteiger partial charge >= 0.3 is 6.18 Å². The van der Waals surface area contributed by atoms with E-state index < -0.39 is 12.1 Å². The summed E-state index contributed by atoms with van der Waals surface area (Å²) in [5, 5.41) is 2.74. The predicted octanol–water partition coefficient (Wildman–Crippen LogP) is 1.96. The van der Waals surface area contributed by atoms with Crippen LogP contribution in [0.5, 0.6) is 0 Å². The zero-order valence-corrected chi connectivity index (χ0v) is 9.89. The Hall–Kier alpha value is -0.780. The van der Waals surface area contributed by atoms with Crippen molar-refractivity contribution in [3.63, 3.8) is 0 Å². The number of rotatable bonds is 3. The first-order valence-corrected chi connectivity index (χ1v) is 5.90. The molecule has 0 radical (unpaired) electrons. The van der Waals surface area contributed by atoms with Gasteiger partial charge in [0.1, 0.15) is 0 Å². The van der Waals surface area contributed by atoms with Crippen LogP contribution in [0.25, 0.3) is 0 Å². The highest BCUT2D eigenvalue weighted by molar-refractivity contribution is 5.76. The lowest BCUT2D eigenvalue weighted by Crippen LogP contribution is -2.41. The highest BCUT2D eigenvalue weighted by Crippen LogP contribution is 2.37. The first-order chi connectivity index (χ1) is 7.79. The van der Waals surface area contributed by atoms with Crippen molar-refractivity contribution in [1.29, 1.82) is 0 Å². The molecule has 0 aromatic heterocycles. The zero-order valence-electron chi connectivity index (χ0n) is 9.89. The molecule has 0 saturated heterocycles. The molecule has 0 aromatic carbocycles. The summed E-state index contributed by atoms with van der Waals surface area (Å²) in [4.78, 5) is 11.4. The van der Waals surface area contributed by atoms with E-state index >= 15 is 0 Å². The molecule has 17 heavy (non-hydrogen) atoms. The fourth-order valence-corrected chi connectivity index (χ4v) is 2.14. The highest BCUT2D eigenvalue weighted by atomic mass is 19.4. The highest BCUT2D eigenvalue weighted by Gasteiger charge is 2.41. The number of halogens is 3. The summed E-state index contributed by atoms with van der Waals surface area (Å²) in [6.45, 7) is 1.72. The second-order valence-electron chi connectivity index (χ2n) is 4.84. The van der Waals surface area contributed by atoms with E-state index in [9.17, 15) is 18.0 Å². The molecule has 1 aliphatic rings. The van der Waals surface area contributed by atoms with Gasteiger partial charge in [-0.2, -0.15) is 13.2 Å². The third-order valence-corrected chi connectivity index (χ3v) is 3.06. The molecule has 3 nitrogen and oxygen atoms in total. The fraction of sp³-hybridized carbons (Fsp3) is 0.909. The number of nitrogens with one attached hydrogen (secondary N) is 1. The second kappa shape index (κ2) is 5.71. The summed E-state index contributed by atoms with van der Waals surface area (Å²) >= 11 is 0. The van der Waals surface area contributed by atoms with Crippen molar-refractivity contribution < 1.29 is 18.0 Å². The number of alkyl halides is 3. The topological polar surface area (TPSA) is 55.1 Å². The molecular formula is C11H19F3N2O. The van der Waals surface area contributed by atoms with Crippen molar-refractivity contribution in [1.82, 2.24) is 5.32 Å². The lowest BCUT2D eigenvalue weighted by atomic mass is 9.85. The van der Waals surface area contributed by atoms with E-state index in [-0.39, 0.29) is 37.3 Å². The molecule has 0 spiro atoms. The molecule has 6 heteroatoms. The molecule has 3 N–H and O–H groups in total. The van der Waals surface area contributed by atoms with E-state index in [2.05, 4.69) is 5.32 Å². The molecule has 0 heterocycles. The molecule has 1 saturated carbocycles. The van der Waals surface area contributed by atoms with Crippen LogP contribution in [0.2, 0.25) is 0 Å². The Labute approximate surface area is 98.9 Å². The number of hydrogen-bond acceptors (Lipinski definition) is 2. The molecule has 0 aromatic rings. The van der Waals surface area contributed by atoms with Gasteiger partial charge in [-0.3, -0.25) is 4.79 Å². The number of amides is 1. The minimum Gasteiger partial charge on any atom is -0.353 e. The monoisotopic (exact) mass is 252 g/mol. The third kappa shape index (κ3) is 4.93. The molecule has 1 amide bonds. The van der Waals surface area contributed by atoms with Crippen LogP contribution in [0.15, 0.2) is 0 Å². The van der Waals surface area contributed by atoms with Gasteiger partial charge in [0.2, 0.25) is 5.91 Å².